The maximum absolute atomic E-state index is 13.6. The molecular formula is C24H31N3O3. The molecule has 0 saturated heterocycles. The topological polar surface area (TPSA) is 68.0 Å². The fourth-order valence-electron chi connectivity index (χ4n) is 4.50. The zero-order valence-electron chi connectivity index (χ0n) is 18.1. The van der Waals surface area contributed by atoms with E-state index < -0.39 is 5.41 Å². The molecule has 0 radical (unpaired) electrons. The highest BCUT2D eigenvalue weighted by Gasteiger charge is 2.55. The molecule has 2 aliphatic rings. The van der Waals surface area contributed by atoms with Crippen molar-refractivity contribution in [2.75, 3.05) is 45.0 Å². The van der Waals surface area contributed by atoms with Gasteiger partial charge in [-0.05, 0) is 62.7 Å². The van der Waals surface area contributed by atoms with Crippen LogP contribution >= 0.6 is 0 Å². The Labute approximate surface area is 178 Å². The lowest BCUT2D eigenvalue weighted by atomic mass is 9.65. The third-order valence-corrected chi connectivity index (χ3v) is 6.25. The lowest BCUT2D eigenvalue weighted by Crippen LogP contribution is -2.44. The molecule has 4 rings (SSSR count). The average molecular weight is 410 g/mol. The first-order valence-electron chi connectivity index (χ1n) is 10.6. The zero-order chi connectivity index (χ0) is 21.3. The molecule has 1 saturated carbocycles. The Morgan fingerprint density at radius 1 is 1.17 bits per heavy atom. The van der Waals surface area contributed by atoms with Gasteiger partial charge >= 0.3 is 0 Å². The smallest absolute Gasteiger partial charge is 0.238 e. The molecule has 1 aliphatic heterocycles. The highest BCUT2D eigenvalue weighted by Crippen LogP contribution is 2.57. The van der Waals surface area contributed by atoms with Crippen LogP contribution < -0.4 is 20.1 Å². The van der Waals surface area contributed by atoms with Crippen LogP contribution in [0.2, 0.25) is 0 Å². The number of hydrogen-bond acceptors (Lipinski definition) is 5. The standard InChI is InChI=1S/C24H31N3O3/c1-26(2)12-5-13-30-21-15-18(25)14-20-22(21)27(23(28)24(20)10-4-11-24)16-17-6-8-19(29-3)9-7-17/h6-9,14-15H,4-5,10-13,16,25H2,1-3H3. The van der Waals surface area contributed by atoms with E-state index in [1.54, 1.807) is 7.11 Å². The molecule has 0 unspecified atom stereocenters. The summed E-state index contributed by atoms with van der Waals surface area (Å²) in [5.74, 6) is 1.69. The van der Waals surface area contributed by atoms with Crippen molar-refractivity contribution in [2.45, 2.75) is 37.6 Å². The van der Waals surface area contributed by atoms with E-state index in [4.69, 9.17) is 15.2 Å². The minimum Gasteiger partial charge on any atom is -0.497 e. The van der Waals surface area contributed by atoms with E-state index in [-0.39, 0.29) is 5.91 Å². The maximum Gasteiger partial charge on any atom is 0.238 e. The maximum atomic E-state index is 13.6. The second-order valence-electron chi connectivity index (χ2n) is 8.60. The Morgan fingerprint density at radius 3 is 2.50 bits per heavy atom. The van der Waals surface area contributed by atoms with Gasteiger partial charge in [-0.25, -0.2) is 0 Å². The van der Waals surface area contributed by atoms with Gasteiger partial charge in [0, 0.05) is 18.3 Å². The number of rotatable bonds is 8. The SMILES string of the molecule is COc1ccc(CN2C(=O)C3(CCC3)c3cc(N)cc(OCCCN(C)C)c32)cc1. The van der Waals surface area contributed by atoms with Crippen LogP contribution in [0.5, 0.6) is 11.5 Å². The fourth-order valence-corrected chi connectivity index (χ4v) is 4.50. The summed E-state index contributed by atoms with van der Waals surface area (Å²) in [7, 11) is 5.75. The third-order valence-electron chi connectivity index (χ3n) is 6.25. The van der Waals surface area contributed by atoms with Crippen molar-refractivity contribution in [1.82, 2.24) is 4.90 Å². The second-order valence-corrected chi connectivity index (χ2v) is 8.60. The number of nitrogens with two attached hydrogens (primary N) is 1. The Bertz CT molecular complexity index is 920. The number of anilines is 2. The van der Waals surface area contributed by atoms with Gasteiger partial charge in [0.05, 0.1) is 31.4 Å². The number of nitrogen functional groups attached to an aromatic ring is 1. The third kappa shape index (κ3) is 3.60. The van der Waals surface area contributed by atoms with Gasteiger partial charge < -0.3 is 25.0 Å². The molecule has 1 spiro atoms. The van der Waals surface area contributed by atoms with Gasteiger partial charge in [-0.15, -0.1) is 0 Å². The molecule has 1 amide bonds. The van der Waals surface area contributed by atoms with Gasteiger partial charge in [-0.3, -0.25) is 4.79 Å². The molecule has 0 aromatic heterocycles. The number of carbonyl (C=O) groups is 1. The Kier molecular flexibility index (Phi) is 5.60. The Hall–Kier alpha value is -2.73. The number of carbonyl (C=O) groups excluding carboxylic acids is 1. The first-order chi connectivity index (χ1) is 14.4. The van der Waals surface area contributed by atoms with E-state index in [1.807, 2.05) is 55.4 Å². The molecule has 6 nitrogen and oxygen atoms in total. The van der Waals surface area contributed by atoms with Crippen LogP contribution in [0, 0.1) is 0 Å². The normalized spacial score (nSPS) is 16.7. The predicted molar refractivity (Wildman–Crippen MR) is 119 cm³/mol. The summed E-state index contributed by atoms with van der Waals surface area (Å²) < 4.78 is 11.4. The van der Waals surface area contributed by atoms with Gasteiger partial charge in [0.25, 0.3) is 0 Å². The van der Waals surface area contributed by atoms with Crippen LogP contribution in [0.15, 0.2) is 36.4 Å². The number of ether oxygens (including phenoxy) is 2. The molecule has 2 aromatic carbocycles. The first kappa shape index (κ1) is 20.5. The molecule has 6 heteroatoms. The number of benzene rings is 2. The lowest BCUT2D eigenvalue weighted by molar-refractivity contribution is -0.126. The molecule has 1 heterocycles. The van der Waals surface area contributed by atoms with Gasteiger partial charge in [-0.1, -0.05) is 18.6 Å². The number of amides is 1. The van der Waals surface area contributed by atoms with E-state index in [1.165, 1.54) is 0 Å². The van der Waals surface area contributed by atoms with Gasteiger partial charge in [-0.2, -0.15) is 0 Å². The van der Waals surface area contributed by atoms with E-state index in [2.05, 4.69) is 4.90 Å². The first-order valence-corrected chi connectivity index (χ1v) is 10.6. The van der Waals surface area contributed by atoms with Crippen molar-refractivity contribution in [3.05, 3.63) is 47.5 Å². The van der Waals surface area contributed by atoms with Gasteiger partial charge in [0.2, 0.25) is 5.91 Å². The van der Waals surface area contributed by atoms with E-state index in [0.717, 1.165) is 60.5 Å². The summed E-state index contributed by atoms with van der Waals surface area (Å²) in [6.07, 6.45) is 3.73. The largest absolute Gasteiger partial charge is 0.497 e. The molecule has 0 atom stereocenters. The number of hydrogen-bond donors (Lipinski definition) is 1. The Balaban J connectivity index is 1.66. The van der Waals surface area contributed by atoms with Crippen molar-refractivity contribution in [3.8, 4) is 11.5 Å². The van der Waals surface area contributed by atoms with Crippen molar-refractivity contribution in [3.63, 3.8) is 0 Å². The fraction of sp³-hybridized carbons (Fsp3) is 0.458. The van der Waals surface area contributed by atoms with E-state index in [9.17, 15) is 4.79 Å². The summed E-state index contributed by atoms with van der Waals surface area (Å²) in [5, 5.41) is 0. The highest BCUT2D eigenvalue weighted by atomic mass is 16.5. The Morgan fingerprint density at radius 2 is 1.90 bits per heavy atom. The van der Waals surface area contributed by atoms with Gasteiger partial charge in [0.1, 0.15) is 11.5 Å². The number of nitrogens with zero attached hydrogens (tertiary/aromatic N) is 2. The molecule has 2 N–H and O–H groups in total. The van der Waals surface area contributed by atoms with Gasteiger partial charge in [0.15, 0.2) is 0 Å². The van der Waals surface area contributed by atoms with Crippen LogP contribution in [-0.4, -0.2) is 45.2 Å². The minimum absolute atomic E-state index is 0.170. The van der Waals surface area contributed by atoms with Crippen LogP contribution in [0.1, 0.15) is 36.8 Å². The minimum atomic E-state index is -0.432. The van der Waals surface area contributed by atoms with E-state index >= 15 is 0 Å². The molecule has 2 aromatic rings. The van der Waals surface area contributed by atoms with E-state index in [0.29, 0.717) is 18.8 Å². The van der Waals surface area contributed by atoms with Crippen molar-refractivity contribution < 1.29 is 14.3 Å². The number of methoxy groups -OCH3 is 1. The molecule has 1 aliphatic carbocycles. The van der Waals surface area contributed by atoms with Crippen molar-refractivity contribution >= 4 is 17.3 Å². The lowest BCUT2D eigenvalue weighted by Gasteiger charge is -2.37. The van der Waals surface area contributed by atoms with Crippen LogP contribution in [0.25, 0.3) is 0 Å². The molecule has 30 heavy (non-hydrogen) atoms. The van der Waals surface area contributed by atoms with Crippen LogP contribution in [0.4, 0.5) is 11.4 Å². The summed E-state index contributed by atoms with van der Waals surface area (Å²) in [6.45, 7) is 2.05. The molecule has 1 fully saturated rings. The van der Waals surface area contributed by atoms with Crippen molar-refractivity contribution in [1.29, 1.82) is 0 Å². The zero-order valence-corrected chi connectivity index (χ0v) is 18.1. The average Bonchev–Trinajstić information content (AvgIpc) is 2.93. The summed E-state index contributed by atoms with van der Waals surface area (Å²) in [5.41, 5.74) is 9.44. The molecular weight excluding hydrogens is 378 g/mol. The highest BCUT2D eigenvalue weighted by molar-refractivity contribution is 6.10. The van der Waals surface area contributed by atoms with Crippen LogP contribution in [0.3, 0.4) is 0 Å². The monoisotopic (exact) mass is 409 g/mol. The number of fused-ring (bicyclic) bond motifs is 2. The van der Waals surface area contributed by atoms with Crippen molar-refractivity contribution in [2.24, 2.45) is 0 Å². The summed E-state index contributed by atoms with van der Waals surface area (Å²) in [4.78, 5) is 17.6. The quantitative estimate of drug-likeness (QED) is 0.533. The predicted octanol–water partition coefficient (Wildman–Crippen LogP) is 3.58. The molecule has 160 valence electrons. The summed E-state index contributed by atoms with van der Waals surface area (Å²) >= 11 is 0. The molecule has 0 bridgehead atoms. The van der Waals surface area contributed by atoms with Crippen LogP contribution in [-0.2, 0) is 16.8 Å². The summed E-state index contributed by atoms with van der Waals surface area (Å²) in [6, 6.07) is 11.7. The second kappa shape index (κ2) is 8.19.